The molecular formula is C23H22FN3O. The van der Waals surface area contributed by atoms with Gasteiger partial charge >= 0.3 is 0 Å². The molecule has 5 heteroatoms. The maximum Gasteiger partial charge on any atom is 0.261 e. The van der Waals surface area contributed by atoms with Crippen LogP contribution < -0.4 is 5.56 Å². The molecule has 4 rings (SSSR count). The summed E-state index contributed by atoms with van der Waals surface area (Å²) < 4.78 is 15.1. The van der Waals surface area contributed by atoms with E-state index in [1.165, 1.54) is 12.1 Å². The number of hydrogen-bond acceptors (Lipinski definition) is 3. The van der Waals surface area contributed by atoms with Gasteiger partial charge in [0.25, 0.3) is 5.56 Å². The van der Waals surface area contributed by atoms with Crippen LogP contribution in [0.3, 0.4) is 0 Å². The molecule has 28 heavy (non-hydrogen) atoms. The lowest BCUT2D eigenvalue weighted by Gasteiger charge is -2.17. The third kappa shape index (κ3) is 3.83. The first-order valence-corrected chi connectivity index (χ1v) is 9.67. The first kappa shape index (κ1) is 18.4. The number of nitrogens with zero attached hydrogens (tertiary/aromatic N) is 3. The second-order valence-corrected chi connectivity index (χ2v) is 7.07. The molecular weight excluding hydrogens is 353 g/mol. The molecule has 0 radical (unpaired) electrons. The van der Waals surface area contributed by atoms with Gasteiger partial charge in [0, 0.05) is 37.2 Å². The molecule has 0 spiro atoms. The Bertz CT molecular complexity index is 1140. The summed E-state index contributed by atoms with van der Waals surface area (Å²) >= 11 is 0. The number of fused-ring (bicyclic) bond motifs is 2. The average molecular weight is 375 g/mol. The first-order chi connectivity index (χ1) is 13.6. The van der Waals surface area contributed by atoms with Gasteiger partial charge in [-0.25, -0.2) is 9.37 Å². The lowest BCUT2D eigenvalue weighted by atomic mass is 10.1. The lowest BCUT2D eigenvalue weighted by molar-refractivity contribution is 0.280. The normalized spacial score (nSPS) is 14.2. The monoisotopic (exact) mass is 375 g/mol. The Morgan fingerprint density at radius 1 is 1.07 bits per heavy atom. The van der Waals surface area contributed by atoms with Crippen LogP contribution in [0.15, 0.2) is 47.3 Å². The molecule has 0 unspecified atom stereocenters. The van der Waals surface area contributed by atoms with Gasteiger partial charge < -0.3 is 4.90 Å². The molecule has 0 amide bonds. The van der Waals surface area contributed by atoms with E-state index in [-0.39, 0.29) is 11.4 Å². The van der Waals surface area contributed by atoms with E-state index >= 15 is 0 Å². The Hall–Kier alpha value is -2.97. The van der Waals surface area contributed by atoms with Crippen molar-refractivity contribution in [3.63, 3.8) is 0 Å². The molecule has 0 aliphatic carbocycles. The van der Waals surface area contributed by atoms with Gasteiger partial charge in [0.15, 0.2) is 0 Å². The van der Waals surface area contributed by atoms with Crippen LogP contribution in [0, 0.1) is 17.7 Å². The van der Waals surface area contributed by atoms with Crippen LogP contribution in [0.2, 0.25) is 0 Å². The molecule has 0 bridgehead atoms. The minimum atomic E-state index is -0.306. The Balaban J connectivity index is 1.69. The molecule has 142 valence electrons. The zero-order valence-electron chi connectivity index (χ0n) is 15.9. The van der Waals surface area contributed by atoms with Crippen molar-refractivity contribution in [1.29, 1.82) is 0 Å². The molecule has 3 aromatic rings. The Labute approximate surface area is 163 Å². The lowest BCUT2D eigenvalue weighted by Crippen LogP contribution is -2.29. The molecule has 0 fully saturated rings. The van der Waals surface area contributed by atoms with E-state index in [9.17, 15) is 9.18 Å². The van der Waals surface area contributed by atoms with Crippen LogP contribution in [0.1, 0.15) is 30.3 Å². The molecule has 1 aliphatic heterocycles. The topological polar surface area (TPSA) is 38.1 Å². The van der Waals surface area contributed by atoms with E-state index < -0.39 is 0 Å². The summed E-state index contributed by atoms with van der Waals surface area (Å²) in [7, 11) is 0. The molecule has 0 N–H and O–H groups in total. The average Bonchev–Trinajstić information content (AvgIpc) is 2.89. The zero-order valence-corrected chi connectivity index (χ0v) is 15.9. The highest BCUT2D eigenvalue weighted by Gasteiger charge is 2.17. The molecule has 2 aromatic carbocycles. The van der Waals surface area contributed by atoms with Crippen molar-refractivity contribution < 1.29 is 4.39 Å². The molecule has 2 heterocycles. The Kier molecular flexibility index (Phi) is 5.23. The quantitative estimate of drug-likeness (QED) is 0.646. The number of halogens is 1. The third-order valence-electron chi connectivity index (χ3n) is 5.04. The summed E-state index contributed by atoms with van der Waals surface area (Å²) in [6.45, 7) is 5.69. The van der Waals surface area contributed by atoms with Crippen LogP contribution >= 0.6 is 0 Å². The van der Waals surface area contributed by atoms with E-state index in [4.69, 9.17) is 4.98 Å². The summed E-state index contributed by atoms with van der Waals surface area (Å²) in [6, 6.07) is 11.7. The molecule has 0 saturated carbocycles. The van der Waals surface area contributed by atoms with Crippen LogP contribution in [0.5, 0.6) is 0 Å². The summed E-state index contributed by atoms with van der Waals surface area (Å²) in [4.78, 5) is 20.1. The van der Waals surface area contributed by atoms with Crippen molar-refractivity contribution >= 4 is 10.9 Å². The predicted octanol–water partition coefficient (Wildman–Crippen LogP) is 3.20. The highest BCUT2D eigenvalue weighted by molar-refractivity contribution is 5.79. The smallest absolute Gasteiger partial charge is 0.261 e. The Morgan fingerprint density at radius 3 is 2.68 bits per heavy atom. The highest BCUT2D eigenvalue weighted by Crippen LogP contribution is 2.14. The van der Waals surface area contributed by atoms with E-state index in [2.05, 4.69) is 23.7 Å². The van der Waals surface area contributed by atoms with Gasteiger partial charge in [-0.05, 0) is 49.4 Å². The molecule has 1 aliphatic rings. The second-order valence-electron chi connectivity index (χ2n) is 7.07. The highest BCUT2D eigenvalue weighted by atomic mass is 19.1. The summed E-state index contributed by atoms with van der Waals surface area (Å²) in [5.74, 6) is 6.54. The number of rotatable bonds is 2. The van der Waals surface area contributed by atoms with Gasteiger partial charge in [-0.15, -0.1) is 0 Å². The van der Waals surface area contributed by atoms with Gasteiger partial charge in [-0.2, -0.15) is 0 Å². The van der Waals surface area contributed by atoms with Gasteiger partial charge in [0.05, 0.1) is 10.9 Å². The molecule has 4 nitrogen and oxygen atoms in total. The van der Waals surface area contributed by atoms with Gasteiger partial charge in [0.2, 0.25) is 0 Å². The first-order valence-electron chi connectivity index (χ1n) is 9.67. The van der Waals surface area contributed by atoms with Crippen molar-refractivity contribution in [2.45, 2.75) is 26.3 Å². The predicted molar refractivity (Wildman–Crippen MR) is 109 cm³/mol. The maximum atomic E-state index is 13.3. The van der Waals surface area contributed by atoms with E-state index in [0.717, 1.165) is 43.9 Å². The summed E-state index contributed by atoms with van der Waals surface area (Å²) in [5, 5.41) is 0.615. The summed E-state index contributed by atoms with van der Waals surface area (Å²) in [6.07, 6.45) is 1.87. The largest absolute Gasteiger partial charge is 0.301 e. The zero-order chi connectivity index (χ0) is 19.5. The second kappa shape index (κ2) is 7.95. The third-order valence-corrected chi connectivity index (χ3v) is 5.04. The number of benzene rings is 2. The van der Waals surface area contributed by atoms with E-state index in [1.54, 1.807) is 18.2 Å². The fourth-order valence-electron chi connectivity index (χ4n) is 3.63. The summed E-state index contributed by atoms with van der Waals surface area (Å²) in [5.41, 5.74) is 2.06. The van der Waals surface area contributed by atoms with Gasteiger partial charge in [-0.1, -0.05) is 24.8 Å². The van der Waals surface area contributed by atoms with Crippen molar-refractivity contribution in [1.82, 2.24) is 14.5 Å². The van der Waals surface area contributed by atoms with Crippen molar-refractivity contribution in [3.05, 3.63) is 75.6 Å². The number of aromatic nitrogens is 2. The van der Waals surface area contributed by atoms with Crippen LogP contribution in [0.25, 0.3) is 10.9 Å². The fourth-order valence-corrected chi connectivity index (χ4v) is 3.63. The van der Waals surface area contributed by atoms with Gasteiger partial charge in [-0.3, -0.25) is 9.36 Å². The fraction of sp³-hybridized carbons (Fsp3) is 0.304. The van der Waals surface area contributed by atoms with Crippen LogP contribution in [-0.2, 0) is 13.0 Å². The molecule has 0 atom stereocenters. The van der Waals surface area contributed by atoms with Gasteiger partial charge in [0.1, 0.15) is 11.6 Å². The standard InChI is InChI=1S/C23H22FN3O/c1-2-11-26-12-10-22-25-21-16-18(7-6-17-4-3-5-19(24)15-17)8-9-20(21)23(28)27(22)14-13-26/h3-5,8-9,15-16H,2,10-14H2,1H3. The van der Waals surface area contributed by atoms with Crippen molar-refractivity contribution in [3.8, 4) is 11.8 Å². The van der Waals surface area contributed by atoms with E-state index in [0.29, 0.717) is 23.0 Å². The molecule has 1 aromatic heterocycles. The minimum absolute atomic E-state index is 0.0167. The Morgan fingerprint density at radius 2 is 1.89 bits per heavy atom. The SMILES string of the molecule is CCCN1CCc2nc3cc(C#Cc4cccc(F)c4)ccc3c(=O)n2CC1. The van der Waals surface area contributed by atoms with Crippen LogP contribution in [-0.4, -0.2) is 34.1 Å². The minimum Gasteiger partial charge on any atom is -0.301 e. The number of hydrogen-bond donors (Lipinski definition) is 0. The van der Waals surface area contributed by atoms with Crippen molar-refractivity contribution in [2.75, 3.05) is 19.6 Å². The maximum absolute atomic E-state index is 13.3. The van der Waals surface area contributed by atoms with Crippen LogP contribution in [0.4, 0.5) is 4.39 Å². The van der Waals surface area contributed by atoms with Crippen molar-refractivity contribution in [2.24, 2.45) is 0 Å². The van der Waals surface area contributed by atoms with E-state index in [1.807, 2.05) is 16.7 Å². The molecule has 0 saturated heterocycles.